The van der Waals surface area contributed by atoms with E-state index in [4.69, 9.17) is 16.3 Å². The molecule has 0 bridgehead atoms. The minimum Gasteiger partial charge on any atom is -0.457 e. The molecular formula is C11H11ClO4. The molecule has 0 heterocycles. The van der Waals surface area contributed by atoms with E-state index in [0.717, 1.165) is 12.7 Å². The number of hydrogen-bond donors (Lipinski definition) is 0. The van der Waals surface area contributed by atoms with Crippen molar-refractivity contribution in [1.29, 1.82) is 0 Å². The average molecular weight is 243 g/mol. The van der Waals surface area contributed by atoms with Crippen molar-refractivity contribution >= 4 is 23.9 Å². The Morgan fingerprint density at radius 2 is 2.06 bits per heavy atom. The second-order valence-corrected chi connectivity index (χ2v) is 3.59. The fourth-order valence-corrected chi connectivity index (χ4v) is 1.06. The number of carbonyl (C=O) groups excluding carboxylic acids is 2. The Balaban J connectivity index is 2.56. The van der Waals surface area contributed by atoms with Gasteiger partial charge in [-0.3, -0.25) is 4.79 Å². The van der Waals surface area contributed by atoms with Crippen molar-refractivity contribution < 1.29 is 19.1 Å². The Morgan fingerprint density at radius 3 is 2.56 bits per heavy atom. The third kappa shape index (κ3) is 3.05. The average Bonchev–Trinajstić information content (AvgIpc) is 2.36. The number of halogens is 1. The number of alkyl halides is 1. The first-order valence-corrected chi connectivity index (χ1v) is 4.91. The van der Waals surface area contributed by atoms with Crippen molar-refractivity contribution in [3.63, 3.8) is 0 Å². The molecule has 0 amide bonds. The van der Waals surface area contributed by atoms with Gasteiger partial charge in [-0.25, -0.2) is 4.79 Å². The minimum atomic E-state index is -2.05. The van der Waals surface area contributed by atoms with Crippen LogP contribution < -0.4 is 0 Å². The van der Waals surface area contributed by atoms with Crippen molar-refractivity contribution in [1.82, 2.24) is 0 Å². The van der Waals surface area contributed by atoms with E-state index >= 15 is 0 Å². The topological polar surface area (TPSA) is 52.6 Å². The third-order valence-corrected chi connectivity index (χ3v) is 2.34. The van der Waals surface area contributed by atoms with Crippen LogP contribution in [0, 0.1) is 0 Å². The summed E-state index contributed by atoms with van der Waals surface area (Å²) in [6.45, 7) is 0.0470. The summed E-state index contributed by atoms with van der Waals surface area (Å²) in [5.41, 5.74) is 0.803. The van der Waals surface area contributed by atoms with Gasteiger partial charge in [-0.2, -0.15) is 0 Å². The van der Waals surface area contributed by atoms with Crippen LogP contribution >= 0.6 is 11.6 Å². The van der Waals surface area contributed by atoms with Gasteiger partial charge in [0.1, 0.15) is 6.61 Å². The lowest BCUT2D eigenvalue weighted by Crippen LogP contribution is -2.37. The summed E-state index contributed by atoms with van der Waals surface area (Å²) in [5, 5.41) is -2.05. The second kappa shape index (κ2) is 5.63. The summed E-state index contributed by atoms with van der Waals surface area (Å²) in [6, 6.07) is 9.05. The number of hydrogen-bond acceptors (Lipinski definition) is 4. The van der Waals surface area contributed by atoms with Crippen LogP contribution in [0.5, 0.6) is 0 Å². The number of esters is 1. The predicted molar refractivity (Wildman–Crippen MR) is 57.9 cm³/mol. The van der Waals surface area contributed by atoms with E-state index in [1.54, 1.807) is 12.1 Å². The predicted octanol–water partition coefficient (Wildman–Crippen LogP) is 1.51. The maximum Gasteiger partial charge on any atom is 0.362 e. The minimum absolute atomic E-state index is 0.0470. The zero-order valence-corrected chi connectivity index (χ0v) is 9.44. The van der Waals surface area contributed by atoms with Gasteiger partial charge in [-0.15, -0.1) is 0 Å². The van der Waals surface area contributed by atoms with E-state index in [9.17, 15) is 9.59 Å². The molecule has 16 heavy (non-hydrogen) atoms. The Bertz CT molecular complexity index is 366. The molecule has 1 unspecified atom stereocenters. The summed E-state index contributed by atoms with van der Waals surface area (Å²) in [5.74, 6) is -0.921. The molecule has 4 nitrogen and oxygen atoms in total. The highest BCUT2D eigenvalue weighted by atomic mass is 35.5. The lowest BCUT2D eigenvalue weighted by Gasteiger charge is -2.16. The van der Waals surface area contributed by atoms with E-state index in [1.165, 1.54) is 0 Å². The number of methoxy groups -OCH3 is 1. The molecule has 0 aliphatic heterocycles. The molecule has 0 saturated carbocycles. The van der Waals surface area contributed by atoms with E-state index in [2.05, 4.69) is 4.74 Å². The van der Waals surface area contributed by atoms with E-state index in [-0.39, 0.29) is 12.9 Å². The normalized spacial score (nSPS) is 13.9. The molecule has 1 aromatic rings. The molecule has 1 rings (SSSR count). The summed E-state index contributed by atoms with van der Waals surface area (Å²) >= 11 is 5.56. The molecule has 0 spiro atoms. The molecule has 5 heteroatoms. The SMILES string of the molecule is COC(Cl)(C=O)C(=O)OCc1ccccc1. The number of rotatable bonds is 5. The molecule has 0 aromatic heterocycles. The van der Waals surface area contributed by atoms with Crippen molar-refractivity contribution in [3.8, 4) is 0 Å². The molecule has 0 aliphatic rings. The lowest BCUT2D eigenvalue weighted by molar-refractivity contribution is -0.162. The fraction of sp³-hybridized carbons (Fsp3) is 0.273. The van der Waals surface area contributed by atoms with Crippen LogP contribution in [0.2, 0.25) is 0 Å². The third-order valence-electron chi connectivity index (χ3n) is 1.94. The highest BCUT2D eigenvalue weighted by Crippen LogP contribution is 2.16. The van der Waals surface area contributed by atoms with Gasteiger partial charge in [0, 0.05) is 7.11 Å². The molecule has 1 atom stereocenters. The highest BCUT2D eigenvalue weighted by molar-refractivity contribution is 6.40. The van der Waals surface area contributed by atoms with Crippen LogP contribution in [0.4, 0.5) is 0 Å². The van der Waals surface area contributed by atoms with Gasteiger partial charge in [-0.1, -0.05) is 41.9 Å². The highest BCUT2D eigenvalue weighted by Gasteiger charge is 2.38. The molecule has 0 N–H and O–H groups in total. The maximum absolute atomic E-state index is 11.4. The smallest absolute Gasteiger partial charge is 0.362 e. The summed E-state index contributed by atoms with van der Waals surface area (Å²) in [4.78, 5) is 21.9. The molecular weight excluding hydrogens is 232 g/mol. The van der Waals surface area contributed by atoms with Crippen molar-refractivity contribution in [2.45, 2.75) is 11.7 Å². The number of benzene rings is 1. The standard InChI is InChI=1S/C11H11ClO4/c1-15-11(12,8-13)10(14)16-7-9-5-3-2-4-6-9/h2-6,8H,7H2,1H3. The fourth-order valence-electron chi connectivity index (χ4n) is 1.00. The summed E-state index contributed by atoms with van der Waals surface area (Å²) in [7, 11) is 1.16. The Kier molecular flexibility index (Phi) is 4.46. The van der Waals surface area contributed by atoms with Gasteiger partial charge < -0.3 is 9.47 Å². The second-order valence-electron chi connectivity index (χ2n) is 3.03. The van der Waals surface area contributed by atoms with Gasteiger partial charge >= 0.3 is 5.97 Å². The zero-order chi connectivity index (χ0) is 12.0. The van der Waals surface area contributed by atoms with E-state index < -0.39 is 11.0 Å². The molecule has 0 saturated heterocycles. The zero-order valence-electron chi connectivity index (χ0n) is 8.68. The van der Waals surface area contributed by atoms with E-state index in [0.29, 0.717) is 0 Å². The molecule has 0 fully saturated rings. The monoisotopic (exact) mass is 242 g/mol. The first kappa shape index (κ1) is 12.7. The maximum atomic E-state index is 11.4. The first-order valence-electron chi connectivity index (χ1n) is 4.54. The summed E-state index contributed by atoms with van der Waals surface area (Å²) in [6.07, 6.45) is 0.196. The quantitative estimate of drug-likeness (QED) is 0.340. The van der Waals surface area contributed by atoms with Crippen molar-refractivity contribution in [2.75, 3.05) is 7.11 Å². The van der Waals surface area contributed by atoms with Crippen LogP contribution in [0.3, 0.4) is 0 Å². The number of carbonyl (C=O) groups is 2. The van der Waals surface area contributed by atoms with Gasteiger partial charge in [0.25, 0.3) is 5.06 Å². The Morgan fingerprint density at radius 1 is 1.44 bits per heavy atom. The van der Waals surface area contributed by atoms with Crippen LogP contribution in [-0.2, 0) is 25.7 Å². The van der Waals surface area contributed by atoms with Crippen molar-refractivity contribution in [2.24, 2.45) is 0 Å². The van der Waals surface area contributed by atoms with Gasteiger partial charge in [-0.05, 0) is 5.56 Å². The Hall–Kier alpha value is -1.39. The van der Waals surface area contributed by atoms with Crippen LogP contribution in [0.1, 0.15) is 5.56 Å². The summed E-state index contributed by atoms with van der Waals surface area (Å²) < 4.78 is 9.41. The molecule has 86 valence electrons. The van der Waals surface area contributed by atoms with Gasteiger partial charge in [0.05, 0.1) is 0 Å². The lowest BCUT2D eigenvalue weighted by atomic mass is 10.2. The van der Waals surface area contributed by atoms with Gasteiger partial charge in [0.2, 0.25) is 0 Å². The van der Waals surface area contributed by atoms with E-state index in [1.807, 2.05) is 18.2 Å². The molecule has 0 radical (unpaired) electrons. The van der Waals surface area contributed by atoms with Crippen molar-refractivity contribution in [3.05, 3.63) is 35.9 Å². The largest absolute Gasteiger partial charge is 0.457 e. The Labute approximate surface area is 98.1 Å². The molecule has 1 aromatic carbocycles. The van der Waals surface area contributed by atoms with Crippen LogP contribution in [-0.4, -0.2) is 24.4 Å². The van der Waals surface area contributed by atoms with Gasteiger partial charge in [0.15, 0.2) is 6.29 Å². The number of aldehydes is 1. The molecule has 0 aliphatic carbocycles. The first-order chi connectivity index (χ1) is 7.62. The number of ether oxygens (including phenoxy) is 2. The van der Waals surface area contributed by atoms with Crippen LogP contribution in [0.15, 0.2) is 30.3 Å². The van der Waals surface area contributed by atoms with Crippen LogP contribution in [0.25, 0.3) is 0 Å².